The average molecular weight is 250 g/mol. The van der Waals surface area contributed by atoms with Crippen molar-refractivity contribution >= 4 is 23.6 Å². The summed E-state index contributed by atoms with van der Waals surface area (Å²) in [6.45, 7) is 1.36. The van der Waals surface area contributed by atoms with Crippen LogP contribution in [0.3, 0.4) is 0 Å². The van der Waals surface area contributed by atoms with E-state index in [1.165, 1.54) is 11.8 Å². The Kier molecular flexibility index (Phi) is 4.03. The van der Waals surface area contributed by atoms with E-state index in [1.807, 2.05) is 30.3 Å². The Morgan fingerprint density at radius 2 is 2.12 bits per heavy atom. The minimum Gasteiger partial charge on any atom is -0.353 e. The maximum absolute atomic E-state index is 11.8. The lowest BCUT2D eigenvalue weighted by Crippen LogP contribution is -2.50. The van der Waals surface area contributed by atoms with Gasteiger partial charge in [0.2, 0.25) is 11.8 Å². The molecule has 1 aromatic rings. The highest BCUT2D eigenvalue weighted by Gasteiger charge is 2.20. The molecule has 2 rings (SSSR count). The van der Waals surface area contributed by atoms with Crippen LogP contribution in [0.5, 0.6) is 0 Å². The number of benzene rings is 1. The largest absolute Gasteiger partial charge is 0.353 e. The lowest BCUT2D eigenvalue weighted by molar-refractivity contribution is -0.136. The number of piperazine rings is 1. The number of carbonyl (C=O) groups is 2. The molecule has 1 saturated heterocycles. The fourth-order valence-corrected chi connectivity index (χ4v) is 2.43. The Labute approximate surface area is 104 Å². The van der Waals surface area contributed by atoms with Crippen LogP contribution in [-0.2, 0) is 9.59 Å². The smallest absolute Gasteiger partial charge is 0.239 e. The molecule has 2 amide bonds. The van der Waals surface area contributed by atoms with Crippen molar-refractivity contribution in [3.8, 4) is 0 Å². The molecule has 17 heavy (non-hydrogen) atoms. The van der Waals surface area contributed by atoms with E-state index in [-0.39, 0.29) is 18.4 Å². The van der Waals surface area contributed by atoms with E-state index in [0.29, 0.717) is 18.8 Å². The Balaban J connectivity index is 1.83. The molecule has 1 heterocycles. The molecular weight excluding hydrogens is 236 g/mol. The molecule has 0 spiro atoms. The van der Waals surface area contributed by atoms with Gasteiger partial charge in [-0.1, -0.05) is 18.2 Å². The highest BCUT2D eigenvalue weighted by Crippen LogP contribution is 2.17. The van der Waals surface area contributed by atoms with Gasteiger partial charge in [-0.2, -0.15) is 0 Å². The zero-order valence-corrected chi connectivity index (χ0v) is 10.2. The lowest BCUT2D eigenvalue weighted by Gasteiger charge is -2.26. The van der Waals surface area contributed by atoms with Crippen molar-refractivity contribution in [3.63, 3.8) is 0 Å². The molecule has 0 unspecified atom stereocenters. The number of amides is 2. The minimum atomic E-state index is -0.0747. The van der Waals surface area contributed by atoms with Gasteiger partial charge in [-0.3, -0.25) is 9.59 Å². The van der Waals surface area contributed by atoms with E-state index < -0.39 is 0 Å². The molecule has 4 nitrogen and oxygen atoms in total. The molecule has 1 N–H and O–H groups in total. The van der Waals surface area contributed by atoms with Crippen LogP contribution in [0.15, 0.2) is 35.2 Å². The molecule has 1 aliphatic rings. The zero-order chi connectivity index (χ0) is 12.1. The molecule has 1 aliphatic heterocycles. The molecule has 1 fully saturated rings. The van der Waals surface area contributed by atoms with Gasteiger partial charge >= 0.3 is 0 Å². The first-order valence-electron chi connectivity index (χ1n) is 5.48. The lowest BCUT2D eigenvalue weighted by atomic mass is 10.3. The van der Waals surface area contributed by atoms with E-state index in [1.54, 1.807) is 4.90 Å². The van der Waals surface area contributed by atoms with Crippen LogP contribution in [0.25, 0.3) is 0 Å². The Bertz CT molecular complexity index is 408. The van der Waals surface area contributed by atoms with Crippen molar-refractivity contribution in [2.24, 2.45) is 0 Å². The third-order valence-corrected chi connectivity index (χ3v) is 3.49. The summed E-state index contributed by atoms with van der Waals surface area (Å²) in [5.41, 5.74) is 0. The standard InChI is InChI=1S/C12H14N2O2S/c15-11-8-14(7-6-13-11)12(16)9-17-10-4-2-1-3-5-10/h1-5H,6-9H2,(H,13,15). The van der Waals surface area contributed by atoms with Crippen molar-refractivity contribution < 1.29 is 9.59 Å². The van der Waals surface area contributed by atoms with Crippen LogP contribution in [-0.4, -0.2) is 42.1 Å². The first kappa shape index (κ1) is 12.0. The minimum absolute atomic E-state index is 0.0219. The number of nitrogens with zero attached hydrogens (tertiary/aromatic N) is 1. The van der Waals surface area contributed by atoms with E-state index in [9.17, 15) is 9.59 Å². The first-order chi connectivity index (χ1) is 8.25. The molecule has 0 saturated carbocycles. The van der Waals surface area contributed by atoms with Gasteiger partial charge in [-0.25, -0.2) is 0 Å². The normalized spacial score (nSPS) is 15.5. The van der Waals surface area contributed by atoms with Gasteiger partial charge < -0.3 is 10.2 Å². The number of nitrogens with one attached hydrogen (secondary N) is 1. The van der Waals surface area contributed by atoms with Gasteiger partial charge in [0.15, 0.2) is 0 Å². The van der Waals surface area contributed by atoms with Crippen LogP contribution in [0, 0.1) is 0 Å². The van der Waals surface area contributed by atoms with E-state index in [2.05, 4.69) is 5.32 Å². The quantitative estimate of drug-likeness (QED) is 0.805. The summed E-state index contributed by atoms with van der Waals surface area (Å²) >= 11 is 1.50. The molecule has 5 heteroatoms. The summed E-state index contributed by atoms with van der Waals surface area (Å²) in [6, 6.07) is 9.78. The summed E-state index contributed by atoms with van der Waals surface area (Å²) in [4.78, 5) is 25.7. The first-order valence-corrected chi connectivity index (χ1v) is 6.46. The number of hydrogen-bond acceptors (Lipinski definition) is 3. The van der Waals surface area contributed by atoms with Gasteiger partial charge in [0.05, 0.1) is 12.3 Å². The van der Waals surface area contributed by atoms with Crippen molar-refractivity contribution in [2.75, 3.05) is 25.4 Å². The predicted molar refractivity (Wildman–Crippen MR) is 66.8 cm³/mol. The van der Waals surface area contributed by atoms with Gasteiger partial charge in [0.25, 0.3) is 0 Å². The van der Waals surface area contributed by atoms with Crippen LogP contribution < -0.4 is 5.32 Å². The van der Waals surface area contributed by atoms with Crippen LogP contribution in [0.2, 0.25) is 0 Å². The van der Waals surface area contributed by atoms with Gasteiger partial charge in [0, 0.05) is 18.0 Å². The van der Waals surface area contributed by atoms with Gasteiger partial charge in [-0.15, -0.1) is 11.8 Å². The monoisotopic (exact) mass is 250 g/mol. The second kappa shape index (κ2) is 5.72. The molecule has 0 radical (unpaired) electrons. The molecule has 1 aromatic carbocycles. The van der Waals surface area contributed by atoms with Crippen LogP contribution >= 0.6 is 11.8 Å². The summed E-state index contributed by atoms with van der Waals surface area (Å²) in [6.07, 6.45) is 0. The Morgan fingerprint density at radius 3 is 2.82 bits per heavy atom. The summed E-state index contributed by atoms with van der Waals surface area (Å²) < 4.78 is 0. The zero-order valence-electron chi connectivity index (χ0n) is 9.39. The fraction of sp³-hybridized carbons (Fsp3) is 0.333. The van der Waals surface area contributed by atoms with Gasteiger partial charge in [-0.05, 0) is 12.1 Å². The maximum atomic E-state index is 11.8. The molecule has 90 valence electrons. The highest BCUT2D eigenvalue weighted by molar-refractivity contribution is 8.00. The Hall–Kier alpha value is -1.49. The summed E-state index contributed by atoms with van der Waals surface area (Å²) in [5, 5.41) is 2.70. The third-order valence-electron chi connectivity index (χ3n) is 2.50. The van der Waals surface area contributed by atoms with Crippen molar-refractivity contribution in [2.45, 2.75) is 4.90 Å². The molecule has 0 aromatic heterocycles. The predicted octanol–water partition coefficient (Wildman–Crippen LogP) is 0.737. The number of carbonyl (C=O) groups excluding carboxylic acids is 2. The maximum Gasteiger partial charge on any atom is 0.239 e. The topological polar surface area (TPSA) is 49.4 Å². The van der Waals surface area contributed by atoms with Crippen molar-refractivity contribution in [1.82, 2.24) is 10.2 Å². The van der Waals surface area contributed by atoms with E-state index in [4.69, 9.17) is 0 Å². The molecule has 0 bridgehead atoms. The molecule has 0 aliphatic carbocycles. The second-order valence-corrected chi connectivity index (χ2v) is 4.82. The molecular formula is C12H14N2O2S. The third kappa shape index (κ3) is 3.49. The SMILES string of the molecule is O=C1CN(C(=O)CSc2ccccc2)CCN1. The van der Waals surface area contributed by atoms with Gasteiger partial charge in [0.1, 0.15) is 0 Å². The molecule has 0 atom stereocenters. The average Bonchev–Trinajstić information content (AvgIpc) is 2.37. The number of thioether (sulfide) groups is 1. The van der Waals surface area contributed by atoms with E-state index >= 15 is 0 Å². The van der Waals surface area contributed by atoms with Crippen LogP contribution in [0.4, 0.5) is 0 Å². The highest BCUT2D eigenvalue weighted by atomic mass is 32.2. The number of hydrogen-bond donors (Lipinski definition) is 1. The summed E-state index contributed by atoms with van der Waals surface area (Å²) in [7, 11) is 0. The van der Waals surface area contributed by atoms with E-state index in [0.717, 1.165) is 4.90 Å². The van der Waals surface area contributed by atoms with Crippen molar-refractivity contribution in [3.05, 3.63) is 30.3 Å². The fourth-order valence-electron chi connectivity index (χ4n) is 1.60. The number of rotatable bonds is 3. The second-order valence-electron chi connectivity index (χ2n) is 3.77. The summed E-state index contributed by atoms with van der Waals surface area (Å²) in [5.74, 6) is 0.333. The van der Waals surface area contributed by atoms with Crippen molar-refractivity contribution in [1.29, 1.82) is 0 Å². The van der Waals surface area contributed by atoms with Crippen LogP contribution in [0.1, 0.15) is 0 Å². The Morgan fingerprint density at radius 1 is 1.35 bits per heavy atom.